The third kappa shape index (κ3) is 2.45. The smallest absolute Gasteiger partial charge is 0.181 e. The molecular formula is C14H10ClN3S. The van der Waals surface area contributed by atoms with E-state index in [1.807, 2.05) is 36.4 Å². The van der Waals surface area contributed by atoms with Crippen LogP contribution >= 0.6 is 22.9 Å². The molecule has 2 N–H and O–H groups in total. The van der Waals surface area contributed by atoms with Crippen molar-refractivity contribution >= 4 is 28.1 Å². The number of hydrogen-bond donors (Lipinski definition) is 1. The van der Waals surface area contributed by atoms with Gasteiger partial charge in [0, 0.05) is 23.0 Å². The number of pyridine rings is 1. The van der Waals surface area contributed by atoms with E-state index in [1.165, 1.54) is 11.3 Å². The number of nitrogens with zero attached hydrogens (tertiary/aromatic N) is 2. The van der Waals surface area contributed by atoms with Gasteiger partial charge in [0.15, 0.2) is 5.13 Å². The van der Waals surface area contributed by atoms with Gasteiger partial charge in [-0.15, -0.1) is 0 Å². The summed E-state index contributed by atoms with van der Waals surface area (Å²) in [5.74, 6) is 0. The van der Waals surface area contributed by atoms with Crippen molar-refractivity contribution in [3.05, 3.63) is 53.8 Å². The molecule has 1 aromatic carbocycles. The molecule has 3 nitrogen and oxygen atoms in total. The van der Waals surface area contributed by atoms with E-state index in [0.717, 1.165) is 21.7 Å². The van der Waals surface area contributed by atoms with Gasteiger partial charge >= 0.3 is 0 Å². The Balaban J connectivity index is 2.18. The van der Waals surface area contributed by atoms with Crippen molar-refractivity contribution in [3.8, 4) is 21.7 Å². The van der Waals surface area contributed by atoms with Gasteiger partial charge in [-0.05, 0) is 29.8 Å². The molecule has 0 amide bonds. The largest absolute Gasteiger partial charge is 0.375 e. The SMILES string of the molecule is Nc1nc(-c2ccncc2)c(-c2cccc(Cl)c2)s1. The van der Waals surface area contributed by atoms with Crippen molar-refractivity contribution in [2.75, 3.05) is 5.73 Å². The van der Waals surface area contributed by atoms with Crippen LogP contribution in [-0.4, -0.2) is 9.97 Å². The van der Waals surface area contributed by atoms with Crippen LogP contribution in [0.1, 0.15) is 0 Å². The maximum absolute atomic E-state index is 6.04. The molecular weight excluding hydrogens is 278 g/mol. The lowest BCUT2D eigenvalue weighted by atomic mass is 10.1. The fourth-order valence-corrected chi connectivity index (χ4v) is 2.91. The van der Waals surface area contributed by atoms with Gasteiger partial charge in [-0.3, -0.25) is 4.98 Å². The molecule has 3 aromatic rings. The van der Waals surface area contributed by atoms with E-state index >= 15 is 0 Å². The summed E-state index contributed by atoms with van der Waals surface area (Å²) < 4.78 is 0. The number of anilines is 1. The first-order valence-corrected chi connectivity index (χ1v) is 6.86. The van der Waals surface area contributed by atoms with E-state index < -0.39 is 0 Å². The van der Waals surface area contributed by atoms with Crippen molar-refractivity contribution < 1.29 is 0 Å². The van der Waals surface area contributed by atoms with Crippen molar-refractivity contribution in [2.45, 2.75) is 0 Å². The third-order valence-corrected chi connectivity index (χ3v) is 3.85. The number of rotatable bonds is 2. The molecule has 0 radical (unpaired) electrons. The van der Waals surface area contributed by atoms with Crippen LogP contribution in [0, 0.1) is 0 Å². The zero-order chi connectivity index (χ0) is 13.2. The molecule has 19 heavy (non-hydrogen) atoms. The maximum Gasteiger partial charge on any atom is 0.181 e. The third-order valence-electron chi connectivity index (χ3n) is 2.68. The van der Waals surface area contributed by atoms with Gasteiger partial charge in [-0.2, -0.15) is 0 Å². The van der Waals surface area contributed by atoms with Gasteiger partial charge in [-0.25, -0.2) is 4.98 Å². The van der Waals surface area contributed by atoms with Gasteiger partial charge in [0.2, 0.25) is 0 Å². The van der Waals surface area contributed by atoms with E-state index in [9.17, 15) is 0 Å². The van der Waals surface area contributed by atoms with Gasteiger partial charge < -0.3 is 5.73 Å². The summed E-state index contributed by atoms with van der Waals surface area (Å²) in [4.78, 5) is 9.45. The molecule has 0 aliphatic rings. The number of hydrogen-bond acceptors (Lipinski definition) is 4. The molecule has 5 heteroatoms. The Hall–Kier alpha value is -1.91. The van der Waals surface area contributed by atoms with Crippen LogP contribution in [0.15, 0.2) is 48.8 Å². The Labute approximate surface area is 119 Å². The monoisotopic (exact) mass is 287 g/mol. The van der Waals surface area contributed by atoms with Crippen LogP contribution in [0.25, 0.3) is 21.7 Å². The van der Waals surface area contributed by atoms with E-state index in [1.54, 1.807) is 12.4 Å². The van der Waals surface area contributed by atoms with E-state index in [0.29, 0.717) is 10.2 Å². The molecule has 0 fully saturated rings. The molecule has 0 saturated heterocycles. The lowest BCUT2D eigenvalue weighted by molar-refractivity contribution is 1.31. The van der Waals surface area contributed by atoms with Crippen molar-refractivity contribution in [2.24, 2.45) is 0 Å². The number of nitrogens with two attached hydrogens (primary N) is 1. The molecule has 2 aromatic heterocycles. The first kappa shape index (κ1) is 12.1. The predicted octanol–water partition coefficient (Wildman–Crippen LogP) is 4.11. The first-order chi connectivity index (χ1) is 9.24. The number of benzene rings is 1. The Kier molecular flexibility index (Phi) is 3.19. The second-order valence-electron chi connectivity index (χ2n) is 3.98. The van der Waals surface area contributed by atoms with E-state index in [-0.39, 0.29) is 0 Å². The number of nitrogen functional groups attached to an aromatic ring is 1. The average molecular weight is 288 g/mol. The van der Waals surface area contributed by atoms with Gasteiger partial charge in [0.05, 0.1) is 10.6 Å². The lowest BCUT2D eigenvalue weighted by Gasteiger charge is -2.02. The molecule has 0 atom stereocenters. The molecule has 0 bridgehead atoms. The molecule has 2 heterocycles. The summed E-state index contributed by atoms with van der Waals surface area (Å²) in [7, 11) is 0. The second kappa shape index (κ2) is 4.99. The number of thiazole rings is 1. The van der Waals surface area contributed by atoms with Crippen molar-refractivity contribution in [1.29, 1.82) is 0 Å². The molecule has 0 spiro atoms. The Bertz CT molecular complexity index is 710. The van der Waals surface area contributed by atoms with Crippen LogP contribution in [-0.2, 0) is 0 Å². The zero-order valence-corrected chi connectivity index (χ0v) is 11.4. The van der Waals surface area contributed by atoms with Crippen LogP contribution in [0.4, 0.5) is 5.13 Å². The van der Waals surface area contributed by atoms with Gasteiger partial charge in [0.25, 0.3) is 0 Å². The fourth-order valence-electron chi connectivity index (χ4n) is 1.87. The second-order valence-corrected chi connectivity index (χ2v) is 5.44. The summed E-state index contributed by atoms with van der Waals surface area (Å²) in [6, 6.07) is 11.5. The van der Waals surface area contributed by atoms with Crippen LogP contribution in [0.3, 0.4) is 0 Å². The highest BCUT2D eigenvalue weighted by Gasteiger charge is 2.13. The topological polar surface area (TPSA) is 51.8 Å². The highest BCUT2D eigenvalue weighted by atomic mass is 35.5. The van der Waals surface area contributed by atoms with Gasteiger partial charge in [-0.1, -0.05) is 35.1 Å². The highest BCUT2D eigenvalue weighted by Crippen LogP contribution is 2.38. The van der Waals surface area contributed by atoms with Crippen LogP contribution in [0.5, 0.6) is 0 Å². The maximum atomic E-state index is 6.04. The predicted molar refractivity (Wildman–Crippen MR) is 80.2 cm³/mol. The van der Waals surface area contributed by atoms with Crippen LogP contribution in [0.2, 0.25) is 5.02 Å². The number of aromatic nitrogens is 2. The number of halogens is 1. The standard InChI is InChI=1S/C14H10ClN3S/c15-11-3-1-2-10(8-11)13-12(18-14(16)19-13)9-4-6-17-7-5-9/h1-8H,(H2,16,18). The molecule has 3 rings (SSSR count). The summed E-state index contributed by atoms with van der Waals surface area (Å²) in [6.07, 6.45) is 3.49. The molecule has 0 unspecified atom stereocenters. The minimum atomic E-state index is 0.543. The fraction of sp³-hybridized carbons (Fsp3) is 0. The Morgan fingerprint density at radius 2 is 1.84 bits per heavy atom. The van der Waals surface area contributed by atoms with Gasteiger partial charge in [0.1, 0.15) is 0 Å². The van der Waals surface area contributed by atoms with Crippen molar-refractivity contribution in [1.82, 2.24) is 9.97 Å². The Morgan fingerprint density at radius 3 is 2.58 bits per heavy atom. The minimum Gasteiger partial charge on any atom is -0.375 e. The summed E-state index contributed by atoms with van der Waals surface area (Å²) >= 11 is 7.50. The average Bonchev–Trinajstić information content (AvgIpc) is 2.82. The molecule has 94 valence electrons. The van der Waals surface area contributed by atoms with E-state index in [4.69, 9.17) is 17.3 Å². The summed E-state index contributed by atoms with van der Waals surface area (Å²) in [5.41, 5.74) is 8.74. The lowest BCUT2D eigenvalue weighted by Crippen LogP contribution is -1.84. The van der Waals surface area contributed by atoms with E-state index in [2.05, 4.69) is 9.97 Å². The molecule has 0 aliphatic carbocycles. The normalized spacial score (nSPS) is 10.6. The minimum absolute atomic E-state index is 0.543. The summed E-state index contributed by atoms with van der Waals surface area (Å²) in [5, 5.41) is 1.24. The van der Waals surface area contributed by atoms with Crippen molar-refractivity contribution in [3.63, 3.8) is 0 Å². The first-order valence-electron chi connectivity index (χ1n) is 5.66. The summed E-state index contributed by atoms with van der Waals surface area (Å²) in [6.45, 7) is 0. The van der Waals surface area contributed by atoms with Crippen LogP contribution < -0.4 is 5.73 Å². The highest BCUT2D eigenvalue weighted by molar-refractivity contribution is 7.19. The molecule has 0 saturated carbocycles. The molecule has 0 aliphatic heterocycles. The Morgan fingerprint density at radius 1 is 1.05 bits per heavy atom. The zero-order valence-electron chi connectivity index (χ0n) is 9.88. The quantitative estimate of drug-likeness (QED) is 0.772.